The predicted octanol–water partition coefficient (Wildman–Crippen LogP) is 5.54. The van der Waals surface area contributed by atoms with Crippen molar-refractivity contribution in [1.29, 1.82) is 0 Å². The third-order valence-corrected chi connectivity index (χ3v) is 4.81. The van der Waals surface area contributed by atoms with Gasteiger partial charge in [0.1, 0.15) is 11.6 Å². The Bertz CT molecular complexity index is 1310. The topological polar surface area (TPSA) is 43.6 Å². The number of imidazole rings is 1. The molecule has 0 aliphatic rings. The summed E-state index contributed by atoms with van der Waals surface area (Å²) in [5, 5.41) is 0. The van der Waals surface area contributed by atoms with Gasteiger partial charge in [-0.2, -0.15) is 0 Å². The first-order valence-corrected chi connectivity index (χ1v) is 9.15. The minimum absolute atomic E-state index is 0.316. The Morgan fingerprint density at radius 1 is 0.778 bits per heavy atom. The molecule has 4 nitrogen and oxygen atoms in total. The number of hydrogen-bond donors (Lipinski definition) is 0. The highest BCUT2D eigenvalue weighted by atomic mass is 79.9. The molecule has 5 rings (SSSR count). The highest BCUT2D eigenvalue weighted by Crippen LogP contribution is 2.29. The van der Waals surface area contributed by atoms with Gasteiger partial charge in [0.25, 0.3) is 0 Å². The van der Waals surface area contributed by atoms with Crippen molar-refractivity contribution >= 4 is 38.3 Å². The Hall–Kier alpha value is -3.12. The molecule has 0 aliphatic heterocycles. The second-order valence-corrected chi connectivity index (χ2v) is 7.04. The fourth-order valence-corrected chi connectivity index (χ4v) is 3.54. The fraction of sp³-hybridized carbons (Fsp3) is 0. The van der Waals surface area contributed by atoms with Crippen molar-refractivity contribution in [3.05, 3.63) is 83.1 Å². The molecule has 0 aliphatic carbocycles. The zero-order valence-corrected chi connectivity index (χ0v) is 15.6. The van der Waals surface area contributed by atoms with E-state index in [1.807, 2.05) is 59.2 Å². The van der Waals surface area contributed by atoms with Crippen LogP contribution >= 0.6 is 15.9 Å². The SMILES string of the molecule is Fc1cccc(-n2c(-c3cccc(Br)c3)nc3nc4ccccc4nc32)c1. The van der Waals surface area contributed by atoms with Crippen LogP contribution in [0.1, 0.15) is 0 Å². The first-order chi connectivity index (χ1) is 13.2. The summed E-state index contributed by atoms with van der Waals surface area (Å²) in [4.78, 5) is 14.1. The van der Waals surface area contributed by atoms with Gasteiger partial charge in [-0.1, -0.05) is 46.3 Å². The number of hydrogen-bond acceptors (Lipinski definition) is 3. The quantitative estimate of drug-likeness (QED) is 0.378. The lowest BCUT2D eigenvalue weighted by Gasteiger charge is -2.09. The zero-order valence-electron chi connectivity index (χ0n) is 14.0. The van der Waals surface area contributed by atoms with E-state index < -0.39 is 0 Å². The van der Waals surface area contributed by atoms with E-state index in [9.17, 15) is 4.39 Å². The monoisotopic (exact) mass is 418 g/mol. The summed E-state index contributed by atoms with van der Waals surface area (Å²) in [7, 11) is 0. The van der Waals surface area contributed by atoms with Gasteiger partial charge in [0.2, 0.25) is 0 Å². The third kappa shape index (κ3) is 2.78. The summed E-state index contributed by atoms with van der Waals surface area (Å²) in [6.07, 6.45) is 0. The maximum atomic E-state index is 13.9. The summed E-state index contributed by atoms with van der Waals surface area (Å²) in [5.41, 5.74) is 4.19. The van der Waals surface area contributed by atoms with Crippen LogP contribution in [0.4, 0.5) is 4.39 Å². The summed E-state index contributed by atoms with van der Waals surface area (Å²) in [6, 6.07) is 21.9. The molecule has 5 aromatic rings. The number of halogens is 2. The Kier molecular flexibility index (Phi) is 3.72. The molecule has 0 saturated heterocycles. The van der Waals surface area contributed by atoms with Gasteiger partial charge in [-0.15, -0.1) is 0 Å². The Labute approximate surface area is 162 Å². The Morgan fingerprint density at radius 2 is 1.56 bits per heavy atom. The van der Waals surface area contributed by atoms with E-state index in [0.717, 1.165) is 21.1 Å². The molecule has 3 aromatic carbocycles. The molecule has 0 N–H and O–H groups in total. The number of rotatable bonds is 2. The van der Waals surface area contributed by atoms with Gasteiger partial charge in [-0.05, 0) is 42.5 Å². The lowest BCUT2D eigenvalue weighted by atomic mass is 10.2. The molecular formula is C21H12BrFN4. The molecule has 2 heterocycles. The zero-order chi connectivity index (χ0) is 18.4. The van der Waals surface area contributed by atoms with E-state index in [-0.39, 0.29) is 5.82 Å². The second-order valence-electron chi connectivity index (χ2n) is 6.12. The van der Waals surface area contributed by atoms with Gasteiger partial charge in [-0.25, -0.2) is 19.3 Å². The van der Waals surface area contributed by atoms with Crippen LogP contribution < -0.4 is 0 Å². The van der Waals surface area contributed by atoms with E-state index in [0.29, 0.717) is 22.8 Å². The molecule has 0 fully saturated rings. The summed E-state index contributed by atoms with van der Waals surface area (Å²) in [6.45, 7) is 0. The van der Waals surface area contributed by atoms with E-state index in [4.69, 9.17) is 9.97 Å². The van der Waals surface area contributed by atoms with Crippen molar-refractivity contribution < 1.29 is 4.39 Å². The molecule has 0 unspecified atom stereocenters. The molecule has 0 amide bonds. The van der Waals surface area contributed by atoms with E-state index >= 15 is 0 Å². The maximum absolute atomic E-state index is 13.9. The summed E-state index contributed by atoms with van der Waals surface area (Å²) in [5.74, 6) is 0.343. The molecular weight excluding hydrogens is 407 g/mol. The minimum Gasteiger partial charge on any atom is -0.275 e. The third-order valence-electron chi connectivity index (χ3n) is 4.32. The molecule has 27 heavy (non-hydrogen) atoms. The predicted molar refractivity (Wildman–Crippen MR) is 107 cm³/mol. The fourth-order valence-electron chi connectivity index (χ4n) is 3.14. The van der Waals surface area contributed by atoms with E-state index in [2.05, 4.69) is 20.9 Å². The Morgan fingerprint density at radius 3 is 2.33 bits per heavy atom. The van der Waals surface area contributed by atoms with Crippen LogP contribution in [0.25, 0.3) is 39.4 Å². The smallest absolute Gasteiger partial charge is 0.199 e. The van der Waals surface area contributed by atoms with Crippen LogP contribution in [0, 0.1) is 5.82 Å². The van der Waals surface area contributed by atoms with Crippen molar-refractivity contribution in [2.45, 2.75) is 0 Å². The van der Waals surface area contributed by atoms with Crippen LogP contribution in [0.5, 0.6) is 0 Å². The molecule has 0 spiro atoms. The Balaban J connectivity index is 1.90. The highest BCUT2D eigenvalue weighted by Gasteiger charge is 2.18. The van der Waals surface area contributed by atoms with Gasteiger partial charge in [0.05, 0.1) is 16.7 Å². The van der Waals surface area contributed by atoms with Crippen LogP contribution in [0.2, 0.25) is 0 Å². The van der Waals surface area contributed by atoms with Crippen LogP contribution in [0.3, 0.4) is 0 Å². The van der Waals surface area contributed by atoms with Crippen molar-refractivity contribution in [1.82, 2.24) is 19.5 Å². The molecule has 2 aromatic heterocycles. The summed E-state index contributed by atoms with van der Waals surface area (Å²) < 4.78 is 16.7. The van der Waals surface area contributed by atoms with Gasteiger partial charge >= 0.3 is 0 Å². The van der Waals surface area contributed by atoms with Crippen molar-refractivity contribution in [2.24, 2.45) is 0 Å². The molecule has 0 saturated carbocycles. The molecule has 0 bridgehead atoms. The lowest BCUT2D eigenvalue weighted by Crippen LogP contribution is -1.99. The number of nitrogens with zero attached hydrogens (tertiary/aromatic N) is 4. The van der Waals surface area contributed by atoms with Gasteiger partial charge in [-0.3, -0.25) is 4.57 Å². The first kappa shape index (κ1) is 16.1. The van der Waals surface area contributed by atoms with Gasteiger partial charge in [0.15, 0.2) is 11.3 Å². The highest BCUT2D eigenvalue weighted by molar-refractivity contribution is 9.10. The average molecular weight is 419 g/mol. The van der Waals surface area contributed by atoms with Gasteiger partial charge < -0.3 is 0 Å². The molecule has 130 valence electrons. The van der Waals surface area contributed by atoms with E-state index in [1.165, 1.54) is 12.1 Å². The average Bonchev–Trinajstić information content (AvgIpc) is 3.04. The molecule has 0 atom stereocenters. The first-order valence-electron chi connectivity index (χ1n) is 8.36. The largest absolute Gasteiger partial charge is 0.275 e. The van der Waals surface area contributed by atoms with Crippen molar-refractivity contribution in [3.63, 3.8) is 0 Å². The van der Waals surface area contributed by atoms with Crippen molar-refractivity contribution in [3.8, 4) is 17.1 Å². The van der Waals surface area contributed by atoms with Crippen LogP contribution in [0.15, 0.2) is 77.3 Å². The summed E-state index contributed by atoms with van der Waals surface area (Å²) >= 11 is 3.50. The number of aromatic nitrogens is 4. The van der Waals surface area contributed by atoms with Gasteiger partial charge in [0, 0.05) is 10.0 Å². The number of fused-ring (bicyclic) bond motifs is 2. The minimum atomic E-state index is -0.316. The standard InChI is InChI=1S/C21H12BrFN4/c22-14-6-3-5-13(11-14)20-26-19-21(25-18-10-2-1-9-17(18)24-19)27(20)16-8-4-7-15(23)12-16/h1-12H. The number of para-hydroxylation sites is 2. The number of benzene rings is 3. The normalized spacial score (nSPS) is 11.3. The van der Waals surface area contributed by atoms with Crippen molar-refractivity contribution in [2.75, 3.05) is 0 Å². The van der Waals surface area contributed by atoms with Crippen LogP contribution in [-0.2, 0) is 0 Å². The lowest BCUT2D eigenvalue weighted by molar-refractivity contribution is 0.627. The van der Waals surface area contributed by atoms with Crippen LogP contribution in [-0.4, -0.2) is 19.5 Å². The molecule has 6 heteroatoms. The molecule has 0 radical (unpaired) electrons. The second kappa shape index (κ2) is 6.25. The van der Waals surface area contributed by atoms with E-state index in [1.54, 1.807) is 6.07 Å². The maximum Gasteiger partial charge on any atom is 0.199 e.